The quantitative estimate of drug-likeness (QED) is 0.475. The molecular weight excluding hydrogens is 413 g/mol. The van der Waals surface area contributed by atoms with Gasteiger partial charge in [0.05, 0.1) is 6.54 Å². The molecular formula is C21H17Cl2N3O3. The van der Waals surface area contributed by atoms with Crippen molar-refractivity contribution >= 4 is 51.8 Å². The van der Waals surface area contributed by atoms with Gasteiger partial charge in [-0.25, -0.2) is 4.79 Å². The molecule has 1 aliphatic heterocycles. The molecule has 148 valence electrons. The van der Waals surface area contributed by atoms with Crippen molar-refractivity contribution < 1.29 is 14.4 Å². The number of aryl methyl sites for hydroxylation is 1. The van der Waals surface area contributed by atoms with Gasteiger partial charge in [0.25, 0.3) is 5.91 Å². The Hall–Kier alpha value is -2.83. The molecule has 2 heterocycles. The Morgan fingerprint density at radius 1 is 1.14 bits per heavy atom. The number of benzene rings is 2. The number of carbonyl (C=O) groups is 3. The van der Waals surface area contributed by atoms with Gasteiger partial charge in [-0.05, 0) is 32.0 Å². The van der Waals surface area contributed by atoms with Crippen molar-refractivity contribution in [2.75, 3.05) is 6.54 Å². The highest BCUT2D eigenvalue weighted by molar-refractivity contribution is 6.35. The van der Waals surface area contributed by atoms with Crippen LogP contribution in [0.5, 0.6) is 0 Å². The second-order valence-electron chi connectivity index (χ2n) is 7.16. The number of fused-ring (bicyclic) bond motifs is 1. The number of urea groups is 1. The van der Waals surface area contributed by atoms with Crippen molar-refractivity contribution in [1.29, 1.82) is 0 Å². The maximum absolute atomic E-state index is 13.1. The summed E-state index contributed by atoms with van der Waals surface area (Å²) >= 11 is 12.2. The van der Waals surface area contributed by atoms with Crippen LogP contribution in [-0.4, -0.2) is 34.2 Å². The van der Waals surface area contributed by atoms with Gasteiger partial charge in [0.1, 0.15) is 5.54 Å². The first-order valence-corrected chi connectivity index (χ1v) is 9.68. The number of Topliss-reactive ketones (excluding diaryl/α,β-unsaturated/α-hetero) is 1. The van der Waals surface area contributed by atoms with Gasteiger partial charge >= 0.3 is 6.03 Å². The molecule has 1 saturated heterocycles. The second kappa shape index (κ2) is 6.90. The number of H-pyrrole nitrogens is 1. The maximum Gasteiger partial charge on any atom is 0.325 e. The molecule has 1 fully saturated rings. The van der Waals surface area contributed by atoms with Crippen molar-refractivity contribution in [2.45, 2.75) is 19.4 Å². The summed E-state index contributed by atoms with van der Waals surface area (Å²) in [5, 5.41) is 4.09. The standard InChI is InChI=1S/C21H17Cl2N3O3/c1-11-18(13-5-3-4-6-16(13)24-11)17(27)10-26-19(28)21(2,25-20(26)29)14-8-7-12(22)9-15(14)23/h3-9,24H,10H2,1-2H3,(H,25,29)/t21-/m1/s1. The lowest BCUT2D eigenvalue weighted by Crippen LogP contribution is -2.41. The Morgan fingerprint density at radius 3 is 2.59 bits per heavy atom. The zero-order valence-electron chi connectivity index (χ0n) is 15.7. The van der Waals surface area contributed by atoms with Crippen LogP contribution in [0.25, 0.3) is 10.9 Å². The smallest absolute Gasteiger partial charge is 0.325 e. The topological polar surface area (TPSA) is 82.3 Å². The number of carbonyl (C=O) groups excluding carboxylic acids is 3. The van der Waals surface area contributed by atoms with E-state index in [4.69, 9.17) is 23.2 Å². The Labute approximate surface area is 176 Å². The first kappa shape index (κ1) is 19.5. The molecule has 6 nitrogen and oxygen atoms in total. The molecule has 1 aliphatic rings. The summed E-state index contributed by atoms with van der Waals surface area (Å²) in [4.78, 5) is 42.8. The molecule has 3 amide bonds. The highest BCUT2D eigenvalue weighted by Crippen LogP contribution is 2.35. The Bertz CT molecular complexity index is 1190. The summed E-state index contributed by atoms with van der Waals surface area (Å²) in [6.45, 7) is 2.98. The van der Waals surface area contributed by atoms with Crippen molar-refractivity contribution in [3.63, 3.8) is 0 Å². The number of ketones is 1. The Morgan fingerprint density at radius 2 is 1.86 bits per heavy atom. The van der Waals surface area contributed by atoms with E-state index in [1.54, 1.807) is 26.0 Å². The Balaban J connectivity index is 1.66. The van der Waals surface area contributed by atoms with Crippen LogP contribution >= 0.6 is 23.2 Å². The third-order valence-electron chi connectivity index (χ3n) is 5.22. The molecule has 0 saturated carbocycles. The summed E-state index contributed by atoms with van der Waals surface area (Å²) in [5.74, 6) is -0.868. The van der Waals surface area contributed by atoms with Crippen LogP contribution in [0.4, 0.5) is 4.79 Å². The van der Waals surface area contributed by atoms with Crippen molar-refractivity contribution in [1.82, 2.24) is 15.2 Å². The molecule has 0 unspecified atom stereocenters. The van der Waals surface area contributed by atoms with Crippen molar-refractivity contribution in [3.05, 3.63) is 69.3 Å². The van der Waals surface area contributed by atoms with Gasteiger partial charge in [0, 0.05) is 37.8 Å². The number of hydrogen-bond acceptors (Lipinski definition) is 3. The molecule has 1 aromatic heterocycles. The number of nitrogens with zero attached hydrogens (tertiary/aromatic N) is 1. The van der Waals surface area contributed by atoms with Crippen molar-refractivity contribution in [3.8, 4) is 0 Å². The Kier molecular flexibility index (Phi) is 4.63. The fourth-order valence-corrected chi connectivity index (χ4v) is 4.37. The molecule has 4 rings (SSSR count). The SMILES string of the molecule is Cc1[nH]c2ccccc2c1C(=O)CN1C(=O)N[C@](C)(c2ccc(Cl)cc2Cl)C1=O. The van der Waals surface area contributed by atoms with E-state index in [2.05, 4.69) is 10.3 Å². The predicted molar refractivity (Wildman–Crippen MR) is 111 cm³/mol. The van der Waals surface area contributed by atoms with E-state index in [9.17, 15) is 14.4 Å². The molecule has 3 aromatic rings. The highest BCUT2D eigenvalue weighted by Gasteiger charge is 2.50. The van der Waals surface area contributed by atoms with Crippen LogP contribution in [0.15, 0.2) is 42.5 Å². The van der Waals surface area contributed by atoms with Gasteiger partial charge in [-0.1, -0.05) is 47.5 Å². The minimum atomic E-state index is -1.38. The zero-order valence-corrected chi connectivity index (χ0v) is 17.2. The average molecular weight is 430 g/mol. The third kappa shape index (κ3) is 3.09. The first-order valence-electron chi connectivity index (χ1n) is 8.92. The number of amides is 3. The molecule has 0 bridgehead atoms. The highest BCUT2D eigenvalue weighted by atomic mass is 35.5. The lowest BCUT2D eigenvalue weighted by atomic mass is 9.92. The number of aromatic amines is 1. The van der Waals surface area contributed by atoms with E-state index in [-0.39, 0.29) is 17.4 Å². The molecule has 8 heteroatoms. The summed E-state index contributed by atoms with van der Waals surface area (Å²) in [5.41, 5.74) is 1.02. The van der Waals surface area contributed by atoms with E-state index in [0.29, 0.717) is 21.8 Å². The number of hydrogen-bond donors (Lipinski definition) is 2. The molecule has 29 heavy (non-hydrogen) atoms. The van der Waals surface area contributed by atoms with Crippen molar-refractivity contribution in [2.24, 2.45) is 0 Å². The van der Waals surface area contributed by atoms with Crippen LogP contribution in [-0.2, 0) is 10.3 Å². The number of imide groups is 1. The molecule has 2 N–H and O–H groups in total. The van der Waals surface area contributed by atoms with Gasteiger partial charge in [-0.2, -0.15) is 0 Å². The fourth-order valence-electron chi connectivity index (χ4n) is 3.78. The van der Waals surface area contributed by atoms with Crippen LogP contribution in [0.2, 0.25) is 10.0 Å². The third-order valence-corrected chi connectivity index (χ3v) is 5.77. The average Bonchev–Trinajstić information content (AvgIpc) is 3.10. The van der Waals surface area contributed by atoms with E-state index >= 15 is 0 Å². The lowest BCUT2D eigenvalue weighted by molar-refractivity contribution is -0.130. The zero-order chi connectivity index (χ0) is 20.9. The maximum atomic E-state index is 13.1. The minimum Gasteiger partial charge on any atom is -0.358 e. The largest absolute Gasteiger partial charge is 0.358 e. The molecule has 0 aliphatic carbocycles. The molecule has 2 aromatic carbocycles. The summed E-state index contributed by atoms with van der Waals surface area (Å²) in [6, 6.07) is 11.4. The summed E-state index contributed by atoms with van der Waals surface area (Å²) < 4.78 is 0. The lowest BCUT2D eigenvalue weighted by Gasteiger charge is -2.23. The van der Waals surface area contributed by atoms with Gasteiger partial charge in [-0.15, -0.1) is 0 Å². The number of rotatable bonds is 4. The van der Waals surface area contributed by atoms with Crippen LogP contribution in [0.3, 0.4) is 0 Å². The van der Waals surface area contributed by atoms with Crippen LogP contribution in [0.1, 0.15) is 28.5 Å². The number of halogens is 2. The minimum absolute atomic E-state index is 0.259. The van der Waals surface area contributed by atoms with Crippen LogP contribution < -0.4 is 5.32 Å². The van der Waals surface area contributed by atoms with E-state index < -0.39 is 17.5 Å². The summed E-state index contributed by atoms with van der Waals surface area (Å²) in [6.07, 6.45) is 0. The van der Waals surface area contributed by atoms with Gasteiger partial charge in [-0.3, -0.25) is 14.5 Å². The number of nitrogens with one attached hydrogen (secondary N) is 2. The second-order valence-corrected chi connectivity index (χ2v) is 8.01. The number of para-hydroxylation sites is 1. The molecule has 1 atom stereocenters. The molecule has 0 radical (unpaired) electrons. The molecule has 0 spiro atoms. The van der Waals surface area contributed by atoms with E-state index in [1.807, 2.05) is 24.3 Å². The van der Waals surface area contributed by atoms with Crippen LogP contribution in [0, 0.1) is 6.92 Å². The number of aromatic nitrogens is 1. The normalized spacial score (nSPS) is 19.1. The fraction of sp³-hybridized carbons (Fsp3) is 0.190. The predicted octanol–water partition coefficient (Wildman–Crippen LogP) is 4.43. The van der Waals surface area contributed by atoms with E-state index in [0.717, 1.165) is 15.8 Å². The summed E-state index contributed by atoms with van der Waals surface area (Å²) in [7, 11) is 0. The monoisotopic (exact) mass is 429 g/mol. The first-order chi connectivity index (χ1) is 13.7. The van der Waals surface area contributed by atoms with Gasteiger partial charge in [0.2, 0.25) is 0 Å². The van der Waals surface area contributed by atoms with Gasteiger partial charge < -0.3 is 10.3 Å². The van der Waals surface area contributed by atoms with Gasteiger partial charge in [0.15, 0.2) is 5.78 Å². The van der Waals surface area contributed by atoms with E-state index in [1.165, 1.54) is 6.07 Å².